The highest BCUT2D eigenvalue weighted by molar-refractivity contribution is 6.02. The van der Waals surface area contributed by atoms with Crippen molar-refractivity contribution in [2.24, 2.45) is 0 Å². The zero-order valence-corrected chi connectivity index (χ0v) is 13.9. The summed E-state index contributed by atoms with van der Waals surface area (Å²) < 4.78 is 11.0. The van der Waals surface area contributed by atoms with Gasteiger partial charge in [-0.1, -0.05) is 25.5 Å². The molecule has 1 saturated heterocycles. The van der Waals surface area contributed by atoms with Crippen LogP contribution in [0, 0.1) is 0 Å². The number of hydrogen-bond acceptors (Lipinski definition) is 5. The summed E-state index contributed by atoms with van der Waals surface area (Å²) in [6, 6.07) is 5.72. The maximum atomic E-state index is 12.6. The molecule has 134 valence electrons. The summed E-state index contributed by atoms with van der Waals surface area (Å²) in [5, 5.41) is 12.2. The summed E-state index contributed by atoms with van der Waals surface area (Å²) in [5.74, 6) is -1.20. The molecule has 2 N–H and O–H groups in total. The van der Waals surface area contributed by atoms with E-state index < -0.39 is 29.6 Å². The third-order valence-electron chi connectivity index (χ3n) is 4.42. The highest BCUT2D eigenvalue weighted by Crippen LogP contribution is 2.40. The number of anilines is 1. The fraction of sp³-hybridized carbons (Fsp3) is 0.471. The number of aliphatic carboxylic acids is 1. The van der Waals surface area contributed by atoms with Crippen molar-refractivity contribution in [1.29, 1.82) is 0 Å². The van der Waals surface area contributed by atoms with Crippen molar-refractivity contribution in [2.75, 3.05) is 18.5 Å². The van der Waals surface area contributed by atoms with Gasteiger partial charge in [-0.15, -0.1) is 0 Å². The molecular formula is C17H20N2O6. The number of carbonyl (C=O) groups excluding carboxylic acids is 2. The summed E-state index contributed by atoms with van der Waals surface area (Å²) >= 11 is 0. The van der Waals surface area contributed by atoms with Crippen molar-refractivity contribution in [1.82, 2.24) is 4.90 Å². The Hall–Kier alpha value is -2.77. The van der Waals surface area contributed by atoms with Gasteiger partial charge in [-0.05, 0) is 18.6 Å². The molecule has 0 aromatic heterocycles. The third-order valence-corrected chi connectivity index (χ3v) is 4.42. The van der Waals surface area contributed by atoms with Gasteiger partial charge in [-0.25, -0.2) is 9.59 Å². The van der Waals surface area contributed by atoms with Crippen LogP contribution in [0.4, 0.5) is 10.5 Å². The molecule has 25 heavy (non-hydrogen) atoms. The van der Waals surface area contributed by atoms with Gasteiger partial charge >= 0.3 is 12.1 Å². The van der Waals surface area contributed by atoms with Crippen LogP contribution in [-0.4, -0.2) is 52.8 Å². The van der Waals surface area contributed by atoms with E-state index in [2.05, 4.69) is 5.32 Å². The molecule has 0 aliphatic carbocycles. The molecule has 1 aromatic carbocycles. The fourth-order valence-electron chi connectivity index (χ4n) is 3.06. The average Bonchev–Trinajstić information content (AvgIpc) is 2.97. The standard InChI is InChI=1S/C17H20N2O6/c1-2-3-8-24-16(23)19-10-17(9-12(19)14(20)21)15(22)18-11-6-4-5-7-13(11)25-17/h4-7,12H,2-3,8-10H2,1H3,(H,18,22)(H,20,21). The molecule has 1 fully saturated rings. The highest BCUT2D eigenvalue weighted by Gasteiger charge is 2.57. The molecule has 2 unspecified atom stereocenters. The van der Waals surface area contributed by atoms with Crippen molar-refractivity contribution in [2.45, 2.75) is 37.8 Å². The SMILES string of the molecule is CCCCOC(=O)N1CC2(CC1C(=O)O)Oc1ccccc1NC2=O. The molecule has 0 saturated carbocycles. The van der Waals surface area contributed by atoms with E-state index >= 15 is 0 Å². The molecule has 0 bridgehead atoms. The molecule has 0 radical (unpaired) electrons. The first-order chi connectivity index (χ1) is 12.0. The lowest BCUT2D eigenvalue weighted by Gasteiger charge is -2.34. The number of amides is 2. The average molecular weight is 348 g/mol. The monoisotopic (exact) mass is 348 g/mol. The first kappa shape index (κ1) is 17.1. The van der Waals surface area contributed by atoms with Gasteiger partial charge in [0.2, 0.25) is 5.60 Å². The van der Waals surface area contributed by atoms with Crippen LogP contribution in [0.1, 0.15) is 26.2 Å². The van der Waals surface area contributed by atoms with Gasteiger partial charge in [0, 0.05) is 6.42 Å². The smallest absolute Gasteiger partial charge is 0.410 e. The lowest BCUT2D eigenvalue weighted by molar-refractivity contribution is -0.141. The Morgan fingerprint density at radius 1 is 1.44 bits per heavy atom. The summed E-state index contributed by atoms with van der Waals surface area (Å²) in [7, 11) is 0. The predicted molar refractivity (Wildman–Crippen MR) is 87.4 cm³/mol. The van der Waals surface area contributed by atoms with Gasteiger partial charge in [0.15, 0.2) is 0 Å². The number of nitrogens with one attached hydrogen (secondary N) is 1. The minimum atomic E-state index is -1.43. The fourth-order valence-corrected chi connectivity index (χ4v) is 3.06. The van der Waals surface area contributed by atoms with Gasteiger partial charge in [0.1, 0.15) is 11.8 Å². The quantitative estimate of drug-likeness (QED) is 0.805. The van der Waals surface area contributed by atoms with Crippen LogP contribution in [0.25, 0.3) is 0 Å². The third kappa shape index (κ3) is 3.11. The van der Waals surface area contributed by atoms with E-state index in [1.807, 2.05) is 6.92 Å². The van der Waals surface area contributed by atoms with Gasteiger partial charge in [-0.3, -0.25) is 9.69 Å². The van der Waals surface area contributed by atoms with Gasteiger partial charge in [0.25, 0.3) is 5.91 Å². The Labute approximate surface area is 144 Å². The normalized spacial score (nSPS) is 24.4. The number of carbonyl (C=O) groups is 3. The Balaban J connectivity index is 1.83. The number of likely N-dealkylation sites (tertiary alicyclic amines) is 1. The van der Waals surface area contributed by atoms with E-state index in [1.54, 1.807) is 24.3 Å². The number of rotatable bonds is 4. The molecule has 1 spiro atoms. The molecule has 2 heterocycles. The number of fused-ring (bicyclic) bond motifs is 1. The zero-order chi connectivity index (χ0) is 18.0. The van der Waals surface area contributed by atoms with Crippen LogP contribution >= 0.6 is 0 Å². The number of para-hydroxylation sites is 2. The first-order valence-electron chi connectivity index (χ1n) is 8.22. The zero-order valence-electron chi connectivity index (χ0n) is 13.9. The summed E-state index contributed by atoms with van der Waals surface area (Å²) in [4.78, 5) is 37.5. The molecular weight excluding hydrogens is 328 g/mol. The van der Waals surface area contributed by atoms with E-state index in [0.717, 1.165) is 11.3 Å². The molecule has 1 aromatic rings. The van der Waals surface area contributed by atoms with E-state index in [-0.39, 0.29) is 19.6 Å². The number of benzene rings is 1. The number of unbranched alkanes of at least 4 members (excludes halogenated alkanes) is 1. The minimum absolute atomic E-state index is 0.134. The Kier molecular flexibility index (Phi) is 4.52. The molecule has 8 heteroatoms. The van der Waals surface area contributed by atoms with Crippen LogP contribution in [0.3, 0.4) is 0 Å². The molecule has 2 amide bonds. The largest absolute Gasteiger partial charge is 0.480 e. The molecule has 3 rings (SSSR count). The number of hydrogen-bond donors (Lipinski definition) is 2. The number of carboxylic acid groups (broad SMARTS) is 1. The molecule has 2 aliphatic heterocycles. The molecule has 8 nitrogen and oxygen atoms in total. The van der Waals surface area contributed by atoms with E-state index in [0.29, 0.717) is 17.9 Å². The Morgan fingerprint density at radius 2 is 2.20 bits per heavy atom. The lowest BCUT2D eigenvalue weighted by atomic mass is 9.96. The van der Waals surface area contributed by atoms with Crippen molar-refractivity contribution >= 4 is 23.7 Å². The maximum Gasteiger partial charge on any atom is 0.410 e. The van der Waals surface area contributed by atoms with E-state index in [9.17, 15) is 19.5 Å². The van der Waals surface area contributed by atoms with Crippen molar-refractivity contribution in [3.63, 3.8) is 0 Å². The van der Waals surface area contributed by atoms with Gasteiger partial charge in [0.05, 0.1) is 18.8 Å². The van der Waals surface area contributed by atoms with E-state index in [1.165, 1.54) is 0 Å². The summed E-state index contributed by atoms with van der Waals surface area (Å²) in [5.41, 5.74) is -0.907. The highest BCUT2D eigenvalue weighted by atomic mass is 16.6. The van der Waals surface area contributed by atoms with E-state index in [4.69, 9.17) is 9.47 Å². The topological polar surface area (TPSA) is 105 Å². The van der Waals surface area contributed by atoms with Crippen LogP contribution in [0.5, 0.6) is 5.75 Å². The van der Waals surface area contributed by atoms with Crippen molar-refractivity contribution < 1.29 is 29.0 Å². The number of nitrogens with zero attached hydrogens (tertiary/aromatic N) is 1. The number of ether oxygens (including phenoxy) is 2. The second kappa shape index (κ2) is 6.62. The number of carboxylic acids is 1. The van der Waals surface area contributed by atoms with Crippen LogP contribution in [0.2, 0.25) is 0 Å². The Morgan fingerprint density at radius 3 is 2.92 bits per heavy atom. The second-order valence-electron chi connectivity index (χ2n) is 6.20. The molecule has 2 atom stereocenters. The van der Waals surface area contributed by atoms with Crippen LogP contribution in [0.15, 0.2) is 24.3 Å². The summed E-state index contributed by atoms with van der Waals surface area (Å²) in [6.45, 7) is 1.99. The minimum Gasteiger partial charge on any atom is -0.480 e. The van der Waals surface area contributed by atoms with Gasteiger partial charge in [-0.2, -0.15) is 0 Å². The second-order valence-corrected chi connectivity index (χ2v) is 6.20. The van der Waals surface area contributed by atoms with Crippen LogP contribution < -0.4 is 10.1 Å². The van der Waals surface area contributed by atoms with Crippen molar-refractivity contribution in [3.8, 4) is 5.75 Å². The lowest BCUT2D eigenvalue weighted by Crippen LogP contribution is -2.53. The maximum absolute atomic E-state index is 12.6. The summed E-state index contributed by atoms with van der Waals surface area (Å²) in [6.07, 6.45) is 0.660. The predicted octanol–water partition coefficient (Wildman–Crippen LogP) is 1.85. The Bertz CT molecular complexity index is 706. The first-order valence-corrected chi connectivity index (χ1v) is 8.22. The van der Waals surface area contributed by atoms with Crippen molar-refractivity contribution in [3.05, 3.63) is 24.3 Å². The molecule has 2 aliphatic rings. The van der Waals surface area contributed by atoms with Crippen LogP contribution in [-0.2, 0) is 14.3 Å². The van der Waals surface area contributed by atoms with Gasteiger partial charge < -0.3 is 19.9 Å².